The van der Waals surface area contributed by atoms with Crippen molar-refractivity contribution < 1.29 is 22.6 Å². The Bertz CT molecular complexity index is 877. The van der Waals surface area contributed by atoms with Crippen molar-refractivity contribution in [3.05, 3.63) is 32.9 Å². The van der Waals surface area contributed by atoms with E-state index in [0.29, 0.717) is 6.07 Å². The number of nitrogen functional groups attached to an aromatic ring is 1. The van der Waals surface area contributed by atoms with Crippen LogP contribution in [-0.4, -0.2) is 31.3 Å². The van der Waals surface area contributed by atoms with E-state index in [1.807, 2.05) is 0 Å². The van der Waals surface area contributed by atoms with Crippen LogP contribution in [-0.2, 0) is 17.0 Å². The normalized spacial score (nSPS) is 13.9. The van der Waals surface area contributed by atoms with Crippen LogP contribution < -0.4 is 11.5 Å². The van der Waals surface area contributed by atoms with Gasteiger partial charge in [-0.25, -0.2) is 4.68 Å². The number of anilines is 1. The molecule has 0 saturated heterocycles. The molecule has 0 fully saturated rings. The number of nitrogens with zero attached hydrogens (tertiary/aromatic N) is 3. The van der Waals surface area contributed by atoms with Gasteiger partial charge in [0, 0.05) is 10.7 Å². The van der Waals surface area contributed by atoms with E-state index in [9.17, 15) is 17.4 Å². The number of rotatable bonds is 3. The third-order valence-corrected chi connectivity index (χ3v) is 4.94. The van der Waals surface area contributed by atoms with Gasteiger partial charge < -0.3 is 16.7 Å². The van der Waals surface area contributed by atoms with Crippen molar-refractivity contribution in [1.82, 2.24) is 9.78 Å². The van der Waals surface area contributed by atoms with E-state index in [0.717, 1.165) is 10.7 Å². The van der Waals surface area contributed by atoms with Gasteiger partial charge in [-0.3, -0.25) is 4.21 Å². The largest absolute Gasteiger partial charge is 0.416 e. The maximum absolute atomic E-state index is 12.9. The molecule has 1 unspecified atom stereocenters. The average molecular weight is 461 g/mol. The molecule has 0 spiro atoms. The van der Waals surface area contributed by atoms with Crippen LogP contribution in [0.25, 0.3) is 5.69 Å². The van der Waals surface area contributed by atoms with Crippen LogP contribution in [0.5, 0.6) is 0 Å². The van der Waals surface area contributed by atoms with E-state index in [2.05, 4.69) is 26.2 Å². The van der Waals surface area contributed by atoms with Crippen molar-refractivity contribution in [1.29, 1.82) is 0 Å². The standard InChI is InChI=1S/C12H10BrClF3N5O2S/c1-25(24)9-7(10(18)21-23)20-22(11(9)19)8-5(13)2-4(3-6(8)14)12(15,16)17/h2-3,23H,19H2,1H3,(H2,18,21). The first-order valence-corrected chi connectivity index (χ1v) is 8.98. The monoisotopic (exact) mass is 459 g/mol. The van der Waals surface area contributed by atoms with Crippen molar-refractivity contribution in [3.63, 3.8) is 0 Å². The van der Waals surface area contributed by atoms with Gasteiger partial charge in [0.15, 0.2) is 5.84 Å². The number of benzene rings is 1. The minimum absolute atomic E-state index is 0.0177. The lowest BCUT2D eigenvalue weighted by atomic mass is 10.2. The Kier molecular flexibility index (Phi) is 5.35. The second-order valence-corrected chi connectivity index (χ2v) is 7.28. The highest BCUT2D eigenvalue weighted by Crippen LogP contribution is 2.39. The zero-order chi connectivity index (χ0) is 19.1. The maximum Gasteiger partial charge on any atom is 0.416 e. The fourth-order valence-electron chi connectivity index (χ4n) is 2.02. The number of hydrogen-bond donors (Lipinski definition) is 3. The van der Waals surface area contributed by atoms with E-state index in [1.54, 1.807) is 0 Å². The highest BCUT2D eigenvalue weighted by Gasteiger charge is 2.33. The summed E-state index contributed by atoms with van der Waals surface area (Å²) >= 11 is 8.97. The van der Waals surface area contributed by atoms with Gasteiger partial charge in [0.25, 0.3) is 0 Å². The number of halogens is 5. The Hall–Kier alpha value is -1.79. The van der Waals surface area contributed by atoms with Crippen LogP contribution >= 0.6 is 27.5 Å². The quantitative estimate of drug-likeness (QED) is 0.282. The van der Waals surface area contributed by atoms with E-state index in [-0.39, 0.29) is 31.6 Å². The van der Waals surface area contributed by atoms with Gasteiger partial charge in [0.2, 0.25) is 0 Å². The van der Waals surface area contributed by atoms with Crippen molar-refractivity contribution in [2.24, 2.45) is 10.9 Å². The molecule has 0 aliphatic rings. The summed E-state index contributed by atoms with van der Waals surface area (Å²) in [5, 5.41) is 15.3. The first-order valence-electron chi connectivity index (χ1n) is 6.25. The predicted octanol–water partition coefficient (Wildman–Crippen LogP) is 2.72. The summed E-state index contributed by atoms with van der Waals surface area (Å²) in [6.45, 7) is 0. The summed E-state index contributed by atoms with van der Waals surface area (Å²) in [5.41, 5.74) is 10.2. The van der Waals surface area contributed by atoms with Gasteiger partial charge in [-0.2, -0.15) is 18.3 Å². The Labute approximate surface area is 155 Å². The summed E-state index contributed by atoms with van der Waals surface area (Å²) in [6, 6.07) is 1.50. The van der Waals surface area contributed by atoms with Crippen LogP contribution in [0, 0.1) is 0 Å². The number of alkyl halides is 3. The number of aromatic nitrogens is 2. The molecule has 136 valence electrons. The number of oxime groups is 1. The topological polar surface area (TPSA) is 120 Å². The van der Waals surface area contributed by atoms with Crippen molar-refractivity contribution in [2.45, 2.75) is 11.1 Å². The predicted molar refractivity (Wildman–Crippen MR) is 90.5 cm³/mol. The lowest BCUT2D eigenvalue weighted by molar-refractivity contribution is -0.137. The smallest absolute Gasteiger partial charge is 0.409 e. The summed E-state index contributed by atoms with van der Waals surface area (Å²) in [6.07, 6.45) is -3.31. The molecule has 0 saturated carbocycles. The van der Waals surface area contributed by atoms with Crippen LogP contribution in [0.1, 0.15) is 11.3 Å². The molecule has 1 heterocycles. The van der Waals surface area contributed by atoms with Gasteiger partial charge in [-0.15, -0.1) is 0 Å². The SMILES string of the molecule is CS(=O)c1c(/C(N)=N\O)nn(-c2c(Cl)cc(C(F)(F)F)cc2Br)c1N. The Morgan fingerprint density at radius 1 is 1.48 bits per heavy atom. The lowest BCUT2D eigenvalue weighted by Gasteiger charge is -2.13. The summed E-state index contributed by atoms with van der Waals surface area (Å²) in [7, 11) is -1.68. The highest BCUT2D eigenvalue weighted by atomic mass is 79.9. The second kappa shape index (κ2) is 6.84. The third-order valence-electron chi connectivity index (χ3n) is 3.07. The fourth-order valence-corrected chi connectivity index (χ4v) is 3.86. The molecule has 0 aliphatic carbocycles. The van der Waals surface area contributed by atoms with E-state index in [4.69, 9.17) is 28.3 Å². The van der Waals surface area contributed by atoms with Gasteiger partial charge >= 0.3 is 6.18 Å². The van der Waals surface area contributed by atoms with Crippen LogP contribution in [0.3, 0.4) is 0 Å². The molecule has 25 heavy (non-hydrogen) atoms. The number of nitrogens with two attached hydrogens (primary N) is 2. The molecule has 2 rings (SSSR count). The molecule has 1 aromatic heterocycles. The van der Waals surface area contributed by atoms with Crippen LogP contribution in [0.2, 0.25) is 5.02 Å². The second-order valence-electron chi connectivity index (χ2n) is 4.70. The number of hydrogen-bond acceptors (Lipinski definition) is 5. The van der Waals surface area contributed by atoms with Gasteiger partial charge in [0.05, 0.1) is 27.1 Å². The third kappa shape index (κ3) is 3.60. The molecule has 1 atom stereocenters. The Morgan fingerprint density at radius 3 is 2.52 bits per heavy atom. The number of amidine groups is 1. The zero-order valence-corrected chi connectivity index (χ0v) is 15.5. The lowest BCUT2D eigenvalue weighted by Crippen LogP contribution is -2.16. The molecular formula is C12H10BrClF3N5O2S. The van der Waals surface area contributed by atoms with Crippen molar-refractivity contribution in [2.75, 3.05) is 12.0 Å². The molecule has 13 heteroatoms. The van der Waals surface area contributed by atoms with E-state index < -0.39 is 28.4 Å². The maximum atomic E-state index is 12.9. The molecular weight excluding hydrogens is 451 g/mol. The van der Waals surface area contributed by atoms with E-state index in [1.165, 1.54) is 6.26 Å². The molecule has 1 aromatic carbocycles. The molecule has 2 aromatic rings. The average Bonchev–Trinajstić information content (AvgIpc) is 2.82. The Morgan fingerprint density at radius 2 is 2.08 bits per heavy atom. The molecule has 7 nitrogen and oxygen atoms in total. The molecule has 0 aliphatic heterocycles. The summed E-state index contributed by atoms with van der Waals surface area (Å²) in [4.78, 5) is -0.0434. The minimum Gasteiger partial charge on any atom is -0.409 e. The van der Waals surface area contributed by atoms with E-state index >= 15 is 0 Å². The van der Waals surface area contributed by atoms with Crippen molar-refractivity contribution >= 4 is 50.0 Å². The minimum atomic E-state index is -4.60. The zero-order valence-electron chi connectivity index (χ0n) is 12.3. The highest BCUT2D eigenvalue weighted by molar-refractivity contribution is 9.10. The summed E-state index contributed by atoms with van der Waals surface area (Å²) < 4.78 is 51.4. The van der Waals surface area contributed by atoms with Crippen LogP contribution in [0.15, 0.2) is 26.7 Å². The summed E-state index contributed by atoms with van der Waals surface area (Å²) in [5.74, 6) is -0.639. The van der Waals surface area contributed by atoms with Crippen molar-refractivity contribution in [3.8, 4) is 5.69 Å². The molecule has 5 N–H and O–H groups in total. The first-order chi connectivity index (χ1) is 11.5. The fraction of sp³-hybridized carbons (Fsp3) is 0.167. The first kappa shape index (κ1) is 19.5. The van der Waals surface area contributed by atoms with Gasteiger partial charge in [0.1, 0.15) is 16.4 Å². The van der Waals surface area contributed by atoms with Gasteiger partial charge in [-0.05, 0) is 28.1 Å². The Balaban J connectivity index is 2.78. The van der Waals surface area contributed by atoms with Crippen LogP contribution in [0.4, 0.5) is 19.0 Å². The molecule has 0 bridgehead atoms. The van der Waals surface area contributed by atoms with Gasteiger partial charge in [-0.1, -0.05) is 16.8 Å². The molecule has 0 radical (unpaired) electrons. The molecule has 0 amide bonds.